The van der Waals surface area contributed by atoms with Crippen LogP contribution in [0.3, 0.4) is 0 Å². The molecule has 0 saturated heterocycles. The highest BCUT2D eigenvalue weighted by Gasteiger charge is 1.68. The molecule has 0 N–H and O–H groups in total. The van der Waals surface area contributed by atoms with Crippen molar-refractivity contribution in [3.63, 3.8) is 0 Å². The highest BCUT2D eigenvalue weighted by molar-refractivity contribution is 5.20. The molecule has 80 valence electrons. The lowest BCUT2D eigenvalue weighted by Crippen LogP contribution is -1.58. The maximum absolute atomic E-state index is 2.08. The van der Waals surface area contributed by atoms with Crippen LogP contribution in [-0.2, 0) is 0 Å². The molecule has 0 aromatic rings. The van der Waals surface area contributed by atoms with Crippen LogP contribution in [0.2, 0.25) is 0 Å². The lowest BCUT2D eigenvalue weighted by atomic mass is 10.3. The third-order valence-corrected chi connectivity index (χ3v) is 1.51. The summed E-state index contributed by atoms with van der Waals surface area (Å²) >= 11 is 0. The fourth-order valence-electron chi connectivity index (χ4n) is 0.808. The molecule has 0 aromatic heterocycles. The first-order chi connectivity index (χ1) is 7.27. The van der Waals surface area contributed by atoms with Gasteiger partial charge in [-0.15, -0.1) is 0 Å². The van der Waals surface area contributed by atoms with Crippen LogP contribution in [0, 0.1) is 0 Å². The van der Waals surface area contributed by atoms with Crippen molar-refractivity contribution in [2.45, 2.75) is 20.8 Å². The molecule has 0 spiro atoms. The third-order valence-electron chi connectivity index (χ3n) is 1.51. The molecule has 0 rings (SSSR count). The number of allylic oxidation sites excluding steroid dienone is 12. The zero-order valence-corrected chi connectivity index (χ0v) is 9.85. The van der Waals surface area contributed by atoms with Gasteiger partial charge in [0, 0.05) is 0 Å². The molecule has 0 saturated carbocycles. The summed E-state index contributed by atoms with van der Waals surface area (Å²) in [7, 11) is 0. The summed E-state index contributed by atoms with van der Waals surface area (Å²) in [4.78, 5) is 0. The van der Waals surface area contributed by atoms with E-state index in [-0.39, 0.29) is 0 Å². The van der Waals surface area contributed by atoms with Gasteiger partial charge >= 0.3 is 0 Å². The van der Waals surface area contributed by atoms with Crippen LogP contribution in [0.15, 0.2) is 72.4 Å². The molecule has 15 heavy (non-hydrogen) atoms. The van der Waals surface area contributed by atoms with E-state index in [0.29, 0.717) is 0 Å². The Morgan fingerprint density at radius 3 is 1.40 bits per heavy atom. The van der Waals surface area contributed by atoms with Gasteiger partial charge in [-0.05, 0) is 20.8 Å². The minimum atomic E-state index is 1.31. The van der Waals surface area contributed by atoms with Gasteiger partial charge in [0.1, 0.15) is 0 Å². The second-order valence-electron chi connectivity index (χ2n) is 3.31. The van der Waals surface area contributed by atoms with Gasteiger partial charge in [-0.1, -0.05) is 72.4 Å². The van der Waals surface area contributed by atoms with E-state index >= 15 is 0 Å². The molecule has 0 heteroatoms. The van der Waals surface area contributed by atoms with Crippen molar-refractivity contribution in [2.75, 3.05) is 0 Å². The van der Waals surface area contributed by atoms with Gasteiger partial charge in [0.25, 0.3) is 0 Å². The Hall–Kier alpha value is -1.56. The van der Waals surface area contributed by atoms with Gasteiger partial charge in [-0.25, -0.2) is 0 Å². The molecule has 0 bridgehead atoms. The standard InChI is InChI=1S/C15H20/c1-4-5-6-7-8-9-10-11-12-13-14-15(2)3/h4-14H,1-3H3. The fourth-order valence-corrected chi connectivity index (χ4v) is 0.808. The van der Waals surface area contributed by atoms with Gasteiger partial charge in [0.05, 0.1) is 0 Å². The summed E-state index contributed by atoms with van der Waals surface area (Å²) in [6, 6.07) is 0. The summed E-state index contributed by atoms with van der Waals surface area (Å²) in [5.41, 5.74) is 1.31. The predicted octanol–water partition coefficient (Wildman–Crippen LogP) is 4.75. The summed E-state index contributed by atoms with van der Waals surface area (Å²) < 4.78 is 0. The summed E-state index contributed by atoms with van der Waals surface area (Å²) in [5, 5.41) is 0. The summed E-state index contributed by atoms with van der Waals surface area (Å²) in [6.45, 7) is 6.17. The SMILES string of the molecule is CC=CC=CC=CC=CC=CC=C(C)C. The largest absolute Gasteiger partial charge is 0.0877 e. The van der Waals surface area contributed by atoms with Crippen molar-refractivity contribution in [1.29, 1.82) is 0 Å². The molecule has 0 fully saturated rings. The van der Waals surface area contributed by atoms with Crippen LogP contribution in [0.4, 0.5) is 0 Å². The first-order valence-corrected chi connectivity index (χ1v) is 5.20. The Kier molecular flexibility index (Phi) is 9.43. The van der Waals surface area contributed by atoms with E-state index in [9.17, 15) is 0 Å². The first-order valence-electron chi connectivity index (χ1n) is 5.20. The van der Waals surface area contributed by atoms with Crippen molar-refractivity contribution in [1.82, 2.24) is 0 Å². The monoisotopic (exact) mass is 200 g/mol. The molecule has 0 aliphatic carbocycles. The minimum absolute atomic E-state index is 1.31. The molecule has 0 amide bonds. The highest BCUT2D eigenvalue weighted by atomic mass is 13.8. The second kappa shape index (κ2) is 10.5. The smallest absolute Gasteiger partial charge is 0.0439 e. The normalized spacial score (nSPS) is 13.0. The van der Waals surface area contributed by atoms with Crippen LogP contribution in [0.25, 0.3) is 0 Å². The van der Waals surface area contributed by atoms with E-state index in [2.05, 4.69) is 19.9 Å². The van der Waals surface area contributed by atoms with Crippen LogP contribution in [0.5, 0.6) is 0 Å². The number of hydrogen-bond acceptors (Lipinski definition) is 0. The summed E-state index contributed by atoms with van der Waals surface area (Å²) in [6.07, 6.45) is 22.2. The molecule has 0 heterocycles. The van der Waals surface area contributed by atoms with E-state index in [1.807, 2.05) is 67.7 Å². The Balaban J connectivity index is 3.80. The average Bonchev–Trinajstić information content (AvgIpc) is 2.20. The lowest BCUT2D eigenvalue weighted by molar-refractivity contribution is 1.39. The molecule has 0 aliphatic heterocycles. The molecule has 0 aliphatic rings. The molecule has 0 nitrogen and oxygen atoms in total. The fraction of sp³-hybridized carbons (Fsp3) is 0.200. The maximum Gasteiger partial charge on any atom is -0.0439 e. The van der Waals surface area contributed by atoms with Gasteiger partial charge in [-0.3, -0.25) is 0 Å². The molecule has 0 aromatic carbocycles. The van der Waals surface area contributed by atoms with Crippen LogP contribution in [-0.4, -0.2) is 0 Å². The van der Waals surface area contributed by atoms with Crippen molar-refractivity contribution < 1.29 is 0 Å². The number of rotatable bonds is 5. The lowest BCUT2D eigenvalue weighted by Gasteiger charge is -1.79. The zero-order chi connectivity index (χ0) is 11.4. The zero-order valence-electron chi connectivity index (χ0n) is 9.85. The topological polar surface area (TPSA) is 0 Å². The molecular formula is C15H20. The Morgan fingerprint density at radius 1 is 0.600 bits per heavy atom. The number of hydrogen-bond donors (Lipinski definition) is 0. The van der Waals surface area contributed by atoms with Crippen LogP contribution < -0.4 is 0 Å². The van der Waals surface area contributed by atoms with E-state index < -0.39 is 0 Å². The first kappa shape index (κ1) is 13.4. The van der Waals surface area contributed by atoms with Gasteiger partial charge in [0.2, 0.25) is 0 Å². The van der Waals surface area contributed by atoms with E-state index in [0.717, 1.165) is 0 Å². The Morgan fingerprint density at radius 2 is 1.00 bits per heavy atom. The van der Waals surface area contributed by atoms with E-state index in [4.69, 9.17) is 0 Å². The predicted molar refractivity (Wildman–Crippen MR) is 70.8 cm³/mol. The highest BCUT2D eigenvalue weighted by Crippen LogP contribution is 1.89. The van der Waals surface area contributed by atoms with Crippen LogP contribution in [0.1, 0.15) is 20.8 Å². The van der Waals surface area contributed by atoms with Gasteiger partial charge < -0.3 is 0 Å². The quantitative estimate of drug-likeness (QED) is 0.562. The van der Waals surface area contributed by atoms with Crippen molar-refractivity contribution in [3.05, 3.63) is 72.4 Å². The van der Waals surface area contributed by atoms with Crippen molar-refractivity contribution in [2.24, 2.45) is 0 Å². The van der Waals surface area contributed by atoms with E-state index in [1.54, 1.807) is 0 Å². The minimum Gasteiger partial charge on any atom is -0.0877 e. The van der Waals surface area contributed by atoms with Gasteiger partial charge in [0.15, 0.2) is 0 Å². The average molecular weight is 200 g/mol. The second-order valence-corrected chi connectivity index (χ2v) is 3.31. The molecule has 0 unspecified atom stereocenters. The summed E-state index contributed by atoms with van der Waals surface area (Å²) in [5.74, 6) is 0. The van der Waals surface area contributed by atoms with E-state index in [1.165, 1.54) is 5.57 Å². The Bertz CT molecular complexity index is 303. The van der Waals surface area contributed by atoms with Crippen molar-refractivity contribution >= 4 is 0 Å². The van der Waals surface area contributed by atoms with Gasteiger partial charge in [-0.2, -0.15) is 0 Å². The van der Waals surface area contributed by atoms with Crippen LogP contribution >= 0.6 is 0 Å². The van der Waals surface area contributed by atoms with Crippen molar-refractivity contribution in [3.8, 4) is 0 Å². The maximum atomic E-state index is 2.08. The molecular weight excluding hydrogens is 180 g/mol. The Labute approximate surface area is 93.7 Å². The molecule has 0 radical (unpaired) electrons. The third kappa shape index (κ3) is 12.4. The molecule has 0 atom stereocenters.